The lowest BCUT2D eigenvalue weighted by atomic mass is 9.93. The largest absolute Gasteiger partial charge is 0.321 e. The number of anilines is 2. The van der Waals surface area contributed by atoms with Gasteiger partial charge in [-0.05, 0) is 12.1 Å². The molecule has 0 saturated carbocycles. The van der Waals surface area contributed by atoms with Crippen LogP contribution in [0.4, 0.5) is 15.2 Å². The van der Waals surface area contributed by atoms with E-state index in [9.17, 15) is 9.18 Å². The van der Waals surface area contributed by atoms with Crippen LogP contribution >= 0.6 is 11.3 Å². The monoisotopic (exact) mass is 308 g/mol. The van der Waals surface area contributed by atoms with E-state index in [2.05, 4.69) is 15.7 Å². The van der Waals surface area contributed by atoms with Crippen LogP contribution in [0.3, 0.4) is 0 Å². The topological polar surface area (TPSA) is 80.0 Å². The Hall–Kier alpha value is -1.99. The maximum Gasteiger partial charge on any atom is 0.259 e. The van der Waals surface area contributed by atoms with Crippen molar-refractivity contribution < 1.29 is 9.18 Å². The molecule has 0 radical (unpaired) electrons. The van der Waals surface area contributed by atoms with Gasteiger partial charge in [-0.1, -0.05) is 26.8 Å². The lowest BCUT2D eigenvalue weighted by Gasteiger charge is -2.14. The van der Waals surface area contributed by atoms with Crippen LogP contribution in [0.5, 0.6) is 0 Å². The van der Waals surface area contributed by atoms with Gasteiger partial charge in [0, 0.05) is 10.8 Å². The molecule has 1 amide bonds. The van der Waals surface area contributed by atoms with E-state index in [1.54, 1.807) is 0 Å². The first-order chi connectivity index (χ1) is 9.82. The highest BCUT2D eigenvalue weighted by Crippen LogP contribution is 2.27. The van der Waals surface area contributed by atoms with Gasteiger partial charge in [-0.25, -0.2) is 9.37 Å². The third-order valence-corrected chi connectivity index (χ3v) is 3.65. The number of halogens is 1. The lowest BCUT2D eigenvalue weighted by molar-refractivity contribution is 0.102. The zero-order valence-electron chi connectivity index (χ0n) is 12.0. The summed E-state index contributed by atoms with van der Waals surface area (Å²) in [6, 6.07) is 4.17. The number of nitrogens with two attached hydrogens (primary N) is 1. The minimum Gasteiger partial charge on any atom is -0.321 e. The van der Waals surface area contributed by atoms with Gasteiger partial charge in [0.05, 0.1) is 16.9 Å². The average molecular weight is 308 g/mol. The fourth-order valence-corrected chi connectivity index (χ4v) is 2.63. The maximum atomic E-state index is 13.6. The number of nitrogens with zero attached hydrogens (tertiary/aromatic N) is 1. The van der Waals surface area contributed by atoms with Gasteiger partial charge in [0.25, 0.3) is 5.91 Å². The molecule has 0 fully saturated rings. The van der Waals surface area contributed by atoms with Crippen molar-refractivity contribution in [3.05, 3.63) is 40.7 Å². The second-order valence-corrected chi connectivity index (χ2v) is 6.41. The molecule has 1 heterocycles. The predicted octanol–water partition coefficient (Wildman–Crippen LogP) is 3.12. The van der Waals surface area contributed by atoms with Crippen LogP contribution in [-0.4, -0.2) is 10.9 Å². The van der Waals surface area contributed by atoms with Gasteiger partial charge in [0.2, 0.25) is 0 Å². The first-order valence-corrected chi connectivity index (χ1v) is 7.23. The average Bonchev–Trinajstić information content (AvgIpc) is 2.86. The molecule has 0 saturated heterocycles. The van der Waals surface area contributed by atoms with Crippen LogP contribution in [0.25, 0.3) is 0 Å². The van der Waals surface area contributed by atoms with Crippen molar-refractivity contribution in [2.24, 2.45) is 5.84 Å². The minimum atomic E-state index is -0.584. The summed E-state index contributed by atoms with van der Waals surface area (Å²) in [4.78, 5) is 16.6. The second-order valence-electron chi connectivity index (χ2n) is 5.55. The Morgan fingerprint density at radius 2 is 2.10 bits per heavy atom. The zero-order valence-corrected chi connectivity index (χ0v) is 12.8. The van der Waals surface area contributed by atoms with Crippen molar-refractivity contribution in [1.82, 2.24) is 4.98 Å². The molecule has 0 atom stereocenters. The Balaban J connectivity index is 2.23. The number of para-hydroxylation sites is 1. The number of benzene rings is 1. The molecule has 1 aromatic carbocycles. The van der Waals surface area contributed by atoms with Gasteiger partial charge in [-0.2, -0.15) is 0 Å². The molecule has 0 aliphatic heterocycles. The molecule has 4 N–H and O–H groups in total. The van der Waals surface area contributed by atoms with Crippen LogP contribution in [0, 0.1) is 5.82 Å². The lowest BCUT2D eigenvalue weighted by Crippen LogP contribution is -2.18. The summed E-state index contributed by atoms with van der Waals surface area (Å²) >= 11 is 1.33. The highest BCUT2D eigenvalue weighted by Gasteiger charge is 2.19. The number of hydrogen-bond donors (Lipinski definition) is 3. The molecule has 5 nitrogen and oxygen atoms in total. The number of amides is 1. The summed E-state index contributed by atoms with van der Waals surface area (Å²) in [6.45, 7) is 6.12. The van der Waals surface area contributed by atoms with Crippen LogP contribution in [0.1, 0.15) is 36.8 Å². The van der Waals surface area contributed by atoms with Gasteiger partial charge in [0.15, 0.2) is 5.13 Å². The first kappa shape index (κ1) is 15.4. The molecule has 0 aliphatic rings. The maximum absolute atomic E-state index is 13.6. The number of hydrazine groups is 1. The van der Waals surface area contributed by atoms with Crippen molar-refractivity contribution in [2.45, 2.75) is 26.2 Å². The predicted molar refractivity (Wildman–Crippen MR) is 83.0 cm³/mol. The van der Waals surface area contributed by atoms with E-state index in [0.717, 1.165) is 5.69 Å². The first-order valence-electron chi connectivity index (χ1n) is 6.35. The number of thiazole rings is 1. The van der Waals surface area contributed by atoms with Gasteiger partial charge >= 0.3 is 0 Å². The summed E-state index contributed by atoms with van der Waals surface area (Å²) in [5, 5.41) is 5.02. The second kappa shape index (κ2) is 5.79. The molecule has 2 aromatic rings. The summed E-state index contributed by atoms with van der Waals surface area (Å²) in [6.07, 6.45) is 0. The molecule has 1 aromatic heterocycles. The van der Waals surface area contributed by atoms with E-state index in [1.165, 1.54) is 29.5 Å². The Bertz CT molecular complexity index is 663. The van der Waals surface area contributed by atoms with E-state index < -0.39 is 11.7 Å². The van der Waals surface area contributed by atoms with Gasteiger partial charge in [-0.15, -0.1) is 11.3 Å². The Labute approximate surface area is 126 Å². The number of aromatic nitrogens is 1. The highest BCUT2D eigenvalue weighted by molar-refractivity contribution is 7.14. The molecular formula is C14H17FN4OS. The van der Waals surface area contributed by atoms with Crippen LogP contribution < -0.4 is 16.6 Å². The van der Waals surface area contributed by atoms with Crippen molar-refractivity contribution in [2.75, 3.05) is 10.7 Å². The number of nitrogen functional groups attached to an aromatic ring is 1. The fourth-order valence-electron chi connectivity index (χ4n) is 1.70. The normalized spacial score (nSPS) is 11.3. The zero-order chi connectivity index (χ0) is 15.6. The summed E-state index contributed by atoms with van der Waals surface area (Å²) in [5.41, 5.74) is 3.09. The van der Waals surface area contributed by atoms with Crippen molar-refractivity contribution in [1.29, 1.82) is 0 Å². The molecule has 112 valence electrons. The molecular weight excluding hydrogens is 291 g/mol. The Morgan fingerprint density at radius 1 is 1.38 bits per heavy atom. The molecule has 0 unspecified atom stereocenters. The van der Waals surface area contributed by atoms with Crippen LogP contribution in [0.2, 0.25) is 0 Å². The quantitative estimate of drug-likeness (QED) is 0.601. The summed E-state index contributed by atoms with van der Waals surface area (Å²) in [7, 11) is 0. The van der Waals surface area contributed by atoms with E-state index in [-0.39, 0.29) is 16.7 Å². The van der Waals surface area contributed by atoms with E-state index in [4.69, 9.17) is 5.84 Å². The number of rotatable bonds is 3. The third kappa shape index (κ3) is 3.37. The number of nitrogens with one attached hydrogen (secondary N) is 2. The van der Waals surface area contributed by atoms with Crippen molar-refractivity contribution in [3.8, 4) is 0 Å². The third-order valence-electron chi connectivity index (χ3n) is 2.90. The van der Waals surface area contributed by atoms with Gasteiger partial charge in [-0.3, -0.25) is 16.0 Å². The number of carbonyl (C=O) groups excluding carboxylic acids is 1. The van der Waals surface area contributed by atoms with E-state index in [0.29, 0.717) is 5.13 Å². The number of carbonyl (C=O) groups is 1. The molecule has 2 rings (SSSR count). The molecule has 0 aliphatic carbocycles. The van der Waals surface area contributed by atoms with Gasteiger partial charge in [0.1, 0.15) is 5.82 Å². The Kier molecular flexibility index (Phi) is 4.24. The fraction of sp³-hybridized carbons (Fsp3) is 0.286. The van der Waals surface area contributed by atoms with Crippen molar-refractivity contribution >= 4 is 28.1 Å². The van der Waals surface area contributed by atoms with Crippen LogP contribution in [0.15, 0.2) is 23.6 Å². The van der Waals surface area contributed by atoms with E-state index >= 15 is 0 Å². The highest BCUT2D eigenvalue weighted by atomic mass is 32.1. The molecule has 7 heteroatoms. The SMILES string of the molecule is CC(C)(C)c1csc(NC(=O)c2cccc(F)c2NN)n1. The van der Waals surface area contributed by atoms with E-state index in [1.807, 2.05) is 26.2 Å². The Morgan fingerprint density at radius 3 is 2.67 bits per heavy atom. The summed E-state index contributed by atoms with van der Waals surface area (Å²) in [5.74, 6) is 4.22. The van der Waals surface area contributed by atoms with Crippen molar-refractivity contribution in [3.63, 3.8) is 0 Å². The van der Waals surface area contributed by atoms with Gasteiger partial charge < -0.3 is 5.43 Å². The smallest absolute Gasteiger partial charge is 0.259 e. The summed E-state index contributed by atoms with van der Waals surface area (Å²) < 4.78 is 13.6. The number of hydrogen-bond acceptors (Lipinski definition) is 5. The minimum absolute atomic E-state index is 0.0393. The molecule has 0 bridgehead atoms. The molecule has 21 heavy (non-hydrogen) atoms. The molecule has 0 spiro atoms. The standard InChI is InChI=1S/C14H17FN4OS/c1-14(2,3)10-7-21-13(17-10)18-12(20)8-5-4-6-9(15)11(8)19-16/h4-7,19H,16H2,1-3H3,(H,17,18,20). The van der Waals surface area contributed by atoms with Crippen LogP contribution in [-0.2, 0) is 5.41 Å².